The monoisotopic (exact) mass is 737 g/mol. The number of hydrogen-bond donors (Lipinski definition) is 1. The summed E-state index contributed by atoms with van der Waals surface area (Å²) in [5.41, 5.74) is 10.6. The number of nitrogens with zero attached hydrogens (tertiary/aromatic N) is 1. The Balaban J connectivity index is 0.000000249. The maximum Gasteiger partial charge on any atom is 0.164 e. The van der Waals surface area contributed by atoms with E-state index in [1.54, 1.807) is 0 Å². The molecular weight excluding hydrogens is 695 g/mol. The van der Waals surface area contributed by atoms with Crippen LogP contribution in [0.25, 0.3) is 33.3 Å². The number of pyridine rings is 1. The van der Waals surface area contributed by atoms with Crippen LogP contribution in [0.5, 0.6) is 0 Å². The number of hydrogen-bond acceptors (Lipinski definition) is 3. The number of allylic oxidation sites excluding steroid dienone is 2. The predicted molar refractivity (Wildman–Crippen MR) is 170 cm³/mol. The second kappa shape index (κ2) is 10.6. The first-order valence-electron chi connectivity index (χ1n) is 14.5. The molecule has 3 aromatic carbocycles. The summed E-state index contributed by atoms with van der Waals surface area (Å²) >= 11 is 0. The van der Waals surface area contributed by atoms with E-state index in [2.05, 4.69) is 94.4 Å². The van der Waals surface area contributed by atoms with Crippen molar-refractivity contribution in [2.45, 2.75) is 80.1 Å². The molecule has 4 heteroatoms. The molecule has 4 aromatic rings. The average molecular weight is 737 g/mol. The number of aliphatic hydroxyl groups is 1. The number of carbonyl (C=O) groups is 1. The van der Waals surface area contributed by atoms with Gasteiger partial charge in [0.15, 0.2) is 5.78 Å². The third kappa shape index (κ3) is 5.18. The van der Waals surface area contributed by atoms with Crippen LogP contribution >= 0.6 is 0 Å². The van der Waals surface area contributed by atoms with Crippen molar-refractivity contribution in [3.63, 3.8) is 0 Å². The summed E-state index contributed by atoms with van der Waals surface area (Å²) in [4.78, 5) is 16.7. The molecule has 2 aliphatic rings. The first kappa shape index (κ1) is 31.9. The van der Waals surface area contributed by atoms with E-state index in [1.807, 2.05) is 41.5 Å². The molecule has 1 aromatic heterocycles. The molecule has 2 aliphatic carbocycles. The molecule has 0 unspecified atom stereocenters. The van der Waals surface area contributed by atoms with Crippen LogP contribution < -0.4 is 0 Å². The van der Waals surface area contributed by atoms with Crippen molar-refractivity contribution in [2.24, 2.45) is 10.8 Å². The van der Waals surface area contributed by atoms with Gasteiger partial charge in [0.05, 0.1) is 5.52 Å². The summed E-state index contributed by atoms with van der Waals surface area (Å²) in [6, 6.07) is 25.5. The van der Waals surface area contributed by atoms with Gasteiger partial charge in [0, 0.05) is 42.4 Å². The maximum absolute atomic E-state index is 11.5. The standard InChI is InChI=1S/C27H22N.C11H20O2.Ir/c1-26(2)18-11-7-10-17-23(18)24-19(26)12-8-13-20(24)27(3,4)21-15-16-9-5-6-14-22(16)28-25(17)21;1-10(2,3)8(12)7-9(13)11(4,5)6;/h5-9,11-15H,1-4H3;7,12H,1-6H3;/q-1;;/b;8-7-;. The van der Waals surface area contributed by atoms with Crippen LogP contribution in [0.2, 0.25) is 0 Å². The van der Waals surface area contributed by atoms with Gasteiger partial charge in [0.2, 0.25) is 0 Å². The van der Waals surface area contributed by atoms with Gasteiger partial charge in [0.1, 0.15) is 5.76 Å². The molecule has 221 valence electrons. The molecule has 0 bridgehead atoms. The van der Waals surface area contributed by atoms with Gasteiger partial charge >= 0.3 is 0 Å². The van der Waals surface area contributed by atoms with Crippen LogP contribution in [0.15, 0.2) is 72.5 Å². The molecule has 0 amide bonds. The smallest absolute Gasteiger partial charge is 0.164 e. The molecule has 1 N–H and O–H groups in total. The van der Waals surface area contributed by atoms with Crippen molar-refractivity contribution in [3.8, 4) is 22.4 Å². The first-order chi connectivity index (χ1) is 19.0. The summed E-state index contributed by atoms with van der Waals surface area (Å²) in [6.07, 6.45) is 1.33. The van der Waals surface area contributed by atoms with Crippen LogP contribution in [0.3, 0.4) is 0 Å². The molecule has 0 saturated carbocycles. The molecule has 0 spiro atoms. The van der Waals surface area contributed by atoms with E-state index < -0.39 is 5.41 Å². The van der Waals surface area contributed by atoms with Crippen molar-refractivity contribution in [3.05, 3.63) is 101 Å². The fourth-order valence-electron chi connectivity index (χ4n) is 5.96. The molecule has 0 saturated heterocycles. The van der Waals surface area contributed by atoms with Gasteiger partial charge in [-0.2, -0.15) is 0 Å². The zero-order valence-corrected chi connectivity index (χ0v) is 28.9. The number of carbonyl (C=O) groups excluding carboxylic acids is 1. The number of rotatable bonds is 1. The van der Waals surface area contributed by atoms with E-state index in [-0.39, 0.29) is 47.9 Å². The van der Waals surface area contributed by atoms with Gasteiger partial charge in [-0.25, -0.2) is 0 Å². The summed E-state index contributed by atoms with van der Waals surface area (Å²) < 4.78 is 0. The average Bonchev–Trinajstić information content (AvgIpc) is 3.09. The fourth-order valence-corrected chi connectivity index (χ4v) is 5.96. The second-order valence-corrected chi connectivity index (χ2v) is 14.6. The van der Waals surface area contributed by atoms with E-state index in [1.165, 1.54) is 44.8 Å². The minimum Gasteiger partial charge on any atom is -0.512 e. The Hall–Kier alpha value is -3.07. The summed E-state index contributed by atoms with van der Waals surface area (Å²) in [7, 11) is 0. The Morgan fingerprint density at radius 1 is 0.786 bits per heavy atom. The normalized spacial score (nSPS) is 15.9. The van der Waals surface area contributed by atoms with E-state index in [0.29, 0.717) is 0 Å². The Kier molecular flexibility index (Phi) is 8.02. The van der Waals surface area contributed by atoms with E-state index in [4.69, 9.17) is 4.98 Å². The Morgan fingerprint density at radius 2 is 1.36 bits per heavy atom. The van der Waals surface area contributed by atoms with Crippen LogP contribution in [-0.2, 0) is 35.7 Å². The van der Waals surface area contributed by atoms with Gasteiger partial charge in [-0.05, 0) is 33.7 Å². The maximum atomic E-state index is 11.5. The number of para-hydroxylation sites is 1. The zero-order valence-electron chi connectivity index (χ0n) is 26.5. The fraction of sp³-hybridized carbons (Fsp3) is 0.368. The summed E-state index contributed by atoms with van der Waals surface area (Å²) in [5, 5.41) is 10.8. The van der Waals surface area contributed by atoms with Gasteiger partial charge < -0.3 is 5.11 Å². The van der Waals surface area contributed by atoms with E-state index >= 15 is 0 Å². The Labute approximate surface area is 264 Å². The largest absolute Gasteiger partial charge is 0.512 e. The number of fused-ring (bicyclic) bond motifs is 3. The third-order valence-electron chi connectivity index (χ3n) is 8.74. The number of benzene rings is 3. The van der Waals surface area contributed by atoms with Crippen LogP contribution in [-0.4, -0.2) is 15.9 Å². The van der Waals surface area contributed by atoms with Crippen molar-refractivity contribution >= 4 is 16.7 Å². The molecule has 0 fully saturated rings. The molecule has 1 radical (unpaired) electrons. The molecule has 42 heavy (non-hydrogen) atoms. The number of aliphatic hydroxyl groups excluding tert-OH is 1. The van der Waals surface area contributed by atoms with Gasteiger partial charge in [0.25, 0.3) is 0 Å². The first-order valence-corrected chi connectivity index (χ1v) is 14.5. The van der Waals surface area contributed by atoms with Crippen LogP contribution in [0, 0.1) is 16.9 Å². The molecular formula is C38H42IrNO2-. The molecule has 1 heterocycles. The van der Waals surface area contributed by atoms with E-state index in [0.717, 1.165) is 16.8 Å². The van der Waals surface area contributed by atoms with Crippen molar-refractivity contribution in [1.82, 2.24) is 4.98 Å². The van der Waals surface area contributed by atoms with Gasteiger partial charge in [-0.15, -0.1) is 29.3 Å². The molecule has 0 atom stereocenters. The SMILES string of the molecule is CC(C)(C)C(=O)/C=C(\O)C(C)(C)C.CC1(C)c2cc3ccccc3nc2-c2[c-]ccc3c2-c2c1cccc2C3(C)C.[Ir]. The third-order valence-corrected chi connectivity index (χ3v) is 8.74. The zero-order chi connectivity index (χ0) is 30.1. The van der Waals surface area contributed by atoms with Gasteiger partial charge in [-0.3, -0.25) is 9.78 Å². The number of aromatic nitrogens is 1. The number of ketones is 1. The molecule has 6 rings (SSSR count). The Morgan fingerprint density at radius 3 is 1.95 bits per heavy atom. The van der Waals surface area contributed by atoms with Crippen molar-refractivity contribution in [1.29, 1.82) is 0 Å². The van der Waals surface area contributed by atoms with Crippen molar-refractivity contribution < 1.29 is 30.0 Å². The predicted octanol–water partition coefficient (Wildman–Crippen LogP) is 9.73. The Bertz CT molecular complexity index is 1730. The summed E-state index contributed by atoms with van der Waals surface area (Å²) in [6.45, 7) is 20.5. The topological polar surface area (TPSA) is 50.2 Å². The minimum atomic E-state index is -0.417. The van der Waals surface area contributed by atoms with Gasteiger partial charge in [-0.1, -0.05) is 128 Å². The second-order valence-electron chi connectivity index (χ2n) is 14.6. The van der Waals surface area contributed by atoms with Crippen molar-refractivity contribution in [2.75, 3.05) is 0 Å². The molecule has 0 aliphatic heterocycles. The van der Waals surface area contributed by atoms with E-state index in [9.17, 15) is 9.90 Å². The molecule has 3 nitrogen and oxygen atoms in total. The quantitative estimate of drug-likeness (QED) is 0.120. The van der Waals surface area contributed by atoms with Crippen LogP contribution in [0.4, 0.5) is 0 Å². The summed E-state index contributed by atoms with van der Waals surface area (Å²) in [5.74, 6) is 0.104. The van der Waals surface area contributed by atoms with Crippen LogP contribution in [0.1, 0.15) is 91.5 Å². The minimum absolute atomic E-state index is 0.